The Balaban J connectivity index is 1.74. The quantitative estimate of drug-likeness (QED) is 0.329. The average molecular weight is 522 g/mol. The number of halogens is 1. The summed E-state index contributed by atoms with van der Waals surface area (Å²) in [5, 5.41) is 0.686. The van der Waals surface area contributed by atoms with E-state index < -0.39 is 11.9 Å². The fourth-order valence-corrected chi connectivity index (χ4v) is 4.86. The highest BCUT2D eigenvalue weighted by molar-refractivity contribution is 6.31. The Labute approximate surface area is 217 Å². The summed E-state index contributed by atoms with van der Waals surface area (Å²) in [5.74, 6) is 1.48. The molecule has 4 aromatic rings. The summed E-state index contributed by atoms with van der Waals surface area (Å²) in [4.78, 5) is 29.2. The normalized spacial score (nSPS) is 14.6. The first-order valence-corrected chi connectivity index (χ1v) is 11.8. The molecule has 1 unspecified atom stereocenters. The molecule has 1 amide bonds. The SMILES string of the molecule is COc1ccc(CN2C(=O)c3oc4ccc(Cl)cc4c(=O)c3C2c2cc(OC)c(OC)c(OC)c2)cc1. The van der Waals surface area contributed by atoms with Gasteiger partial charge in [-0.05, 0) is 53.6 Å². The number of rotatable bonds is 7. The van der Waals surface area contributed by atoms with Crippen LogP contribution in [0, 0.1) is 0 Å². The van der Waals surface area contributed by atoms with Crippen molar-refractivity contribution in [2.24, 2.45) is 0 Å². The molecule has 1 aromatic heterocycles. The third kappa shape index (κ3) is 4.13. The summed E-state index contributed by atoms with van der Waals surface area (Å²) in [6.45, 7) is 0.213. The van der Waals surface area contributed by atoms with E-state index >= 15 is 0 Å². The summed E-state index contributed by atoms with van der Waals surface area (Å²) in [6.07, 6.45) is 0. The largest absolute Gasteiger partial charge is 0.497 e. The van der Waals surface area contributed by atoms with Crippen LogP contribution in [0.2, 0.25) is 5.02 Å². The van der Waals surface area contributed by atoms with Crippen molar-refractivity contribution in [1.29, 1.82) is 0 Å². The second-order valence-corrected chi connectivity index (χ2v) is 8.89. The monoisotopic (exact) mass is 521 g/mol. The predicted molar refractivity (Wildman–Crippen MR) is 138 cm³/mol. The summed E-state index contributed by atoms with van der Waals surface area (Å²) in [5.41, 5.74) is 1.63. The summed E-state index contributed by atoms with van der Waals surface area (Å²) >= 11 is 6.18. The Morgan fingerprint density at radius 2 is 1.54 bits per heavy atom. The van der Waals surface area contributed by atoms with Crippen LogP contribution in [-0.4, -0.2) is 39.2 Å². The number of amides is 1. The van der Waals surface area contributed by atoms with Gasteiger partial charge in [-0.3, -0.25) is 9.59 Å². The lowest BCUT2D eigenvalue weighted by Crippen LogP contribution is -2.29. The minimum atomic E-state index is -0.780. The first kappa shape index (κ1) is 24.5. The van der Waals surface area contributed by atoms with E-state index in [-0.39, 0.29) is 28.9 Å². The molecule has 0 radical (unpaired) electrons. The van der Waals surface area contributed by atoms with Crippen LogP contribution in [-0.2, 0) is 6.54 Å². The fourth-order valence-electron chi connectivity index (χ4n) is 4.69. The van der Waals surface area contributed by atoms with Crippen molar-refractivity contribution in [3.8, 4) is 23.0 Å². The van der Waals surface area contributed by atoms with E-state index in [1.54, 1.807) is 42.3 Å². The van der Waals surface area contributed by atoms with Gasteiger partial charge in [-0.1, -0.05) is 23.7 Å². The first-order valence-electron chi connectivity index (χ1n) is 11.4. The lowest BCUT2D eigenvalue weighted by Gasteiger charge is -2.26. The minimum Gasteiger partial charge on any atom is -0.497 e. The van der Waals surface area contributed by atoms with Crippen LogP contribution in [0.5, 0.6) is 23.0 Å². The molecular weight excluding hydrogens is 498 g/mol. The number of methoxy groups -OCH3 is 4. The highest BCUT2D eigenvalue weighted by atomic mass is 35.5. The molecule has 0 spiro atoms. The number of carbonyl (C=O) groups excluding carboxylic acids is 1. The topological polar surface area (TPSA) is 87.4 Å². The fraction of sp³-hybridized carbons (Fsp3) is 0.214. The molecule has 0 aliphatic carbocycles. The summed E-state index contributed by atoms with van der Waals surface area (Å²) < 4.78 is 27.8. The molecule has 9 heteroatoms. The Kier molecular flexibility index (Phi) is 6.43. The van der Waals surface area contributed by atoms with Gasteiger partial charge in [0.05, 0.1) is 45.4 Å². The van der Waals surface area contributed by atoms with Gasteiger partial charge in [0, 0.05) is 11.6 Å². The van der Waals surface area contributed by atoms with E-state index in [1.165, 1.54) is 21.3 Å². The third-order valence-electron chi connectivity index (χ3n) is 6.44. The third-order valence-corrected chi connectivity index (χ3v) is 6.68. The molecule has 3 aromatic carbocycles. The van der Waals surface area contributed by atoms with Gasteiger partial charge < -0.3 is 28.3 Å². The molecule has 0 N–H and O–H groups in total. The highest BCUT2D eigenvalue weighted by Gasteiger charge is 2.43. The van der Waals surface area contributed by atoms with E-state index in [4.69, 9.17) is 35.0 Å². The van der Waals surface area contributed by atoms with Crippen molar-refractivity contribution in [1.82, 2.24) is 4.90 Å². The molecule has 37 heavy (non-hydrogen) atoms. The van der Waals surface area contributed by atoms with Crippen molar-refractivity contribution < 1.29 is 28.2 Å². The zero-order valence-corrected chi connectivity index (χ0v) is 21.4. The van der Waals surface area contributed by atoms with Crippen molar-refractivity contribution in [2.45, 2.75) is 12.6 Å². The number of benzene rings is 3. The van der Waals surface area contributed by atoms with Crippen molar-refractivity contribution >= 4 is 28.5 Å². The van der Waals surface area contributed by atoms with Gasteiger partial charge in [0.1, 0.15) is 11.3 Å². The molecule has 190 valence electrons. The second kappa shape index (κ2) is 9.71. The molecule has 2 heterocycles. The van der Waals surface area contributed by atoms with Crippen LogP contribution in [0.25, 0.3) is 11.0 Å². The summed E-state index contributed by atoms with van der Waals surface area (Å²) in [6, 6.07) is 14.8. The molecular formula is C28H24ClNO7. The lowest BCUT2D eigenvalue weighted by atomic mass is 9.97. The number of ether oxygens (including phenoxy) is 4. The van der Waals surface area contributed by atoms with Crippen molar-refractivity contribution in [2.75, 3.05) is 28.4 Å². The van der Waals surface area contributed by atoms with Crippen LogP contribution in [0.4, 0.5) is 0 Å². The number of hydrogen-bond acceptors (Lipinski definition) is 7. The maximum Gasteiger partial charge on any atom is 0.291 e. The number of hydrogen-bond donors (Lipinski definition) is 0. The molecule has 1 aliphatic heterocycles. The van der Waals surface area contributed by atoms with Gasteiger partial charge in [-0.15, -0.1) is 0 Å². The van der Waals surface area contributed by atoms with Crippen LogP contribution in [0.3, 0.4) is 0 Å². The molecule has 5 rings (SSSR count). The van der Waals surface area contributed by atoms with E-state index in [2.05, 4.69) is 0 Å². The van der Waals surface area contributed by atoms with Crippen LogP contribution < -0.4 is 24.4 Å². The Morgan fingerprint density at radius 1 is 0.865 bits per heavy atom. The molecule has 1 aliphatic rings. The molecule has 8 nitrogen and oxygen atoms in total. The molecule has 0 bridgehead atoms. The number of carbonyl (C=O) groups is 1. The Bertz CT molecular complexity index is 1540. The van der Waals surface area contributed by atoms with Crippen LogP contribution in [0.15, 0.2) is 63.8 Å². The van der Waals surface area contributed by atoms with Gasteiger partial charge >= 0.3 is 0 Å². The van der Waals surface area contributed by atoms with E-state index in [0.717, 1.165) is 5.56 Å². The van der Waals surface area contributed by atoms with Gasteiger partial charge in [-0.2, -0.15) is 0 Å². The molecule has 0 fully saturated rings. The predicted octanol–water partition coefficient (Wildman–Crippen LogP) is 5.23. The van der Waals surface area contributed by atoms with Gasteiger partial charge in [0.25, 0.3) is 5.91 Å². The second-order valence-electron chi connectivity index (χ2n) is 8.46. The first-order chi connectivity index (χ1) is 17.9. The van der Waals surface area contributed by atoms with E-state index in [1.807, 2.05) is 24.3 Å². The lowest BCUT2D eigenvalue weighted by molar-refractivity contribution is 0.0714. The smallest absolute Gasteiger partial charge is 0.291 e. The Hall–Kier alpha value is -4.17. The number of nitrogens with zero attached hydrogens (tertiary/aromatic N) is 1. The molecule has 1 atom stereocenters. The maximum atomic E-state index is 13.8. The minimum absolute atomic E-state index is 0.00733. The van der Waals surface area contributed by atoms with Gasteiger partial charge in [-0.25, -0.2) is 0 Å². The van der Waals surface area contributed by atoms with E-state index in [0.29, 0.717) is 39.0 Å². The zero-order chi connectivity index (χ0) is 26.3. The maximum absolute atomic E-state index is 13.8. The van der Waals surface area contributed by atoms with Gasteiger partial charge in [0.2, 0.25) is 11.5 Å². The van der Waals surface area contributed by atoms with Crippen LogP contribution >= 0.6 is 11.6 Å². The number of fused-ring (bicyclic) bond motifs is 2. The molecule has 0 saturated heterocycles. The summed E-state index contributed by atoms with van der Waals surface area (Å²) in [7, 11) is 6.11. The van der Waals surface area contributed by atoms with Crippen molar-refractivity contribution in [3.63, 3.8) is 0 Å². The average Bonchev–Trinajstić information content (AvgIpc) is 3.19. The van der Waals surface area contributed by atoms with Crippen LogP contribution in [0.1, 0.15) is 33.3 Å². The Morgan fingerprint density at radius 3 is 2.14 bits per heavy atom. The van der Waals surface area contributed by atoms with Gasteiger partial charge in [0.15, 0.2) is 16.9 Å². The standard InChI is InChI=1S/C28H24ClNO7/c1-33-18-8-5-15(6-9-18)14-30-24(16-11-21(34-2)26(36-4)22(12-16)35-3)23-25(31)19-13-17(29)7-10-20(19)37-27(23)28(30)32/h5-13,24H,14H2,1-4H3. The van der Waals surface area contributed by atoms with Crippen molar-refractivity contribution in [3.05, 3.63) is 92.3 Å². The molecule has 0 saturated carbocycles. The van der Waals surface area contributed by atoms with E-state index in [9.17, 15) is 9.59 Å². The zero-order valence-electron chi connectivity index (χ0n) is 20.7. The highest BCUT2D eigenvalue weighted by Crippen LogP contribution is 2.45.